The Bertz CT molecular complexity index is 1900. The standard InChI is InChI=1S/C84H147NO8/c1-6-8-10-12-14-16-18-20-22-24-26-28-30-32-34-36-38-39-40-41-42-43-45-47-49-51-53-55-57-59-61-63-65-67-69-71-73-75-82(87)93-80(79-92-84(83(88)89)90-77-76-85(3,4)5)78-91-81(86)74-72-70-68-66-64-62-60-58-56-54-52-50-48-46-44-37-35-33-31-29-27-25-23-21-19-17-15-13-11-9-7-2/h8,10,14,16,20,22,26,28,32,34,38-39,41-42,45,47,51,53,80,84H,6-7,9,11-13,15,17-19,21,23-25,27,29-31,33,35-37,40,43-44,46,48-50,52,54-79H2,1-5H3/b10-8-,16-14-,22-20-,28-26-,34-32-,39-38-,42-41-,47-45-,53-51-. The molecule has 0 fully saturated rings. The molecule has 9 heteroatoms. The number of hydrogen-bond acceptors (Lipinski definition) is 8. The number of ether oxygens (including phenoxy) is 4. The minimum atomic E-state index is -1.63. The molecule has 0 aromatic rings. The lowest BCUT2D eigenvalue weighted by molar-refractivity contribution is -0.870. The van der Waals surface area contributed by atoms with Crippen molar-refractivity contribution >= 4 is 17.9 Å². The van der Waals surface area contributed by atoms with Crippen LogP contribution in [0.5, 0.6) is 0 Å². The molecule has 0 bridgehead atoms. The molecular formula is C84H147NO8. The molecule has 2 unspecified atom stereocenters. The predicted octanol–water partition coefficient (Wildman–Crippen LogP) is 23.6. The van der Waals surface area contributed by atoms with Crippen LogP contribution >= 0.6 is 0 Å². The third-order valence-corrected chi connectivity index (χ3v) is 17.0. The van der Waals surface area contributed by atoms with Crippen LogP contribution in [-0.4, -0.2) is 82.3 Å². The van der Waals surface area contributed by atoms with E-state index in [1.165, 1.54) is 212 Å². The van der Waals surface area contributed by atoms with E-state index in [0.717, 1.165) is 103 Å². The maximum Gasteiger partial charge on any atom is 0.306 e. The topological polar surface area (TPSA) is 111 Å². The number of esters is 2. The summed E-state index contributed by atoms with van der Waals surface area (Å²) >= 11 is 0. The summed E-state index contributed by atoms with van der Waals surface area (Å²) in [5, 5.41) is 11.9. The summed E-state index contributed by atoms with van der Waals surface area (Å²) in [4.78, 5) is 37.6. The Morgan fingerprint density at radius 2 is 0.613 bits per heavy atom. The second-order valence-corrected chi connectivity index (χ2v) is 27.3. The number of aliphatic carboxylic acids is 1. The highest BCUT2D eigenvalue weighted by atomic mass is 16.7. The molecule has 0 saturated heterocycles. The summed E-state index contributed by atoms with van der Waals surface area (Å²) in [6.45, 7) is 4.67. The molecule has 9 nitrogen and oxygen atoms in total. The van der Waals surface area contributed by atoms with Crippen molar-refractivity contribution in [2.75, 3.05) is 47.5 Å². The number of carboxylic acids is 1. The van der Waals surface area contributed by atoms with E-state index < -0.39 is 24.3 Å². The summed E-state index contributed by atoms with van der Waals surface area (Å²) in [7, 11) is 5.94. The number of likely N-dealkylation sites (N-methyl/N-ethyl adjacent to an activating group) is 1. The van der Waals surface area contributed by atoms with Crippen molar-refractivity contribution in [3.8, 4) is 0 Å². The van der Waals surface area contributed by atoms with Crippen LogP contribution in [-0.2, 0) is 33.3 Å². The second-order valence-electron chi connectivity index (χ2n) is 27.3. The van der Waals surface area contributed by atoms with Crippen molar-refractivity contribution in [3.05, 3.63) is 109 Å². The highest BCUT2D eigenvalue weighted by Crippen LogP contribution is 2.19. The molecule has 0 aliphatic carbocycles. The lowest BCUT2D eigenvalue weighted by Crippen LogP contribution is -2.44. The summed E-state index contributed by atoms with van der Waals surface area (Å²) in [6.07, 6.45) is 101. The smallest absolute Gasteiger partial charge is 0.306 e. The van der Waals surface area contributed by atoms with Crippen LogP contribution < -0.4 is 5.11 Å². The van der Waals surface area contributed by atoms with E-state index in [2.05, 4.69) is 123 Å². The largest absolute Gasteiger partial charge is 0.545 e. The molecule has 93 heavy (non-hydrogen) atoms. The summed E-state index contributed by atoms with van der Waals surface area (Å²) in [5.41, 5.74) is 0. The minimum Gasteiger partial charge on any atom is -0.545 e. The Labute approximate surface area is 575 Å². The molecule has 2 atom stereocenters. The van der Waals surface area contributed by atoms with E-state index in [1.807, 2.05) is 21.1 Å². The van der Waals surface area contributed by atoms with Crippen molar-refractivity contribution in [1.29, 1.82) is 0 Å². The van der Waals surface area contributed by atoms with Crippen LogP contribution in [0.4, 0.5) is 0 Å². The van der Waals surface area contributed by atoms with Gasteiger partial charge in [0.15, 0.2) is 12.4 Å². The van der Waals surface area contributed by atoms with E-state index in [0.29, 0.717) is 23.9 Å². The van der Waals surface area contributed by atoms with Gasteiger partial charge in [0.25, 0.3) is 0 Å². The lowest BCUT2D eigenvalue weighted by atomic mass is 10.0. The highest BCUT2D eigenvalue weighted by molar-refractivity contribution is 5.70. The third-order valence-electron chi connectivity index (χ3n) is 17.0. The molecule has 0 N–H and O–H groups in total. The number of unbranched alkanes of at least 4 members (excludes halogenated alkanes) is 39. The Morgan fingerprint density at radius 3 is 0.914 bits per heavy atom. The van der Waals surface area contributed by atoms with Gasteiger partial charge in [-0.2, -0.15) is 0 Å². The van der Waals surface area contributed by atoms with Crippen LogP contribution in [0.1, 0.15) is 348 Å². The first-order chi connectivity index (χ1) is 45.6. The highest BCUT2D eigenvalue weighted by Gasteiger charge is 2.22. The molecule has 0 saturated carbocycles. The van der Waals surface area contributed by atoms with Crippen molar-refractivity contribution < 1.29 is 42.9 Å². The van der Waals surface area contributed by atoms with Crippen LogP contribution in [0, 0.1) is 0 Å². The summed E-state index contributed by atoms with van der Waals surface area (Å²) < 4.78 is 22.8. The molecule has 0 aliphatic rings. The number of nitrogens with zero attached hydrogens (tertiary/aromatic N) is 1. The fraction of sp³-hybridized carbons (Fsp3) is 0.750. The van der Waals surface area contributed by atoms with Gasteiger partial charge < -0.3 is 33.3 Å². The van der Waals surface area contributed by atoms with Crippen molar-refractivity contribution in [3.63, 3.8) is 0 Å². The van der Waals surface area contributed by atoms with Gasteiger partial charge in [-0.1, -0.05) is 361 Å². The number of carboxylic acid groups (broad SMARTS) is 1. The Kier molecular flexibility index (Phi) is 70.5. The number of allylic oxidation sites excluding steroid dienone is 18. The Morgan fingerprint density at radius 1 is 0.333 bits per heavy atom. The molecular weight excluding hydrogens is 1150 g/mol. The van der Waals surface area contributed by atoms with Crippen molar-refractivity contribution in [2.24, 2.45) is 0 Å². The third kappa shape index (κ3) is 75.2. The van der Waals surface area contributed by atoms with Gasteiger partial charge in [-0.05, 0) is 83.5 Å². The summed E-state index contributed by atoms with van der Waals surface area (Å²) in [6, 6.07) is 0. The lowest BCUT2D eigenvalue weighted by Gasteiger charge is -2.26. The first kappa shape index (κ1) is 89.0. The van der Waals surface area contributed by atoms with E-state index in [-0.39, 0.29) is 32.2 Å². The first-order valence-electron chi connectivity index (χ1n) is 39.0. The maximum absolute atomic E-state index is 13.0. The Balaban J connectivity index is 4.09. The molecule has 0 aliphatic heterocycles. The molecule has 0 amide bonds. The van der Waals surface area contributed by atoms with Gasteiger partial charge in [-0.15, -0.1) is 0 Å². The van der Waals surface area contributed by atoms with Gasteiger partial charge in [0, 0.05) is 12.8 Å². The maximum atomic E-state index is 13.0. The molecule has 0 aromatic carbocycles. The van der Waals surface area contributed by atoms with E-state index in [4.69, 9.17) is 18.9 Å². The van der Waals surface area contributed by atoms with Crippen LogP contribution in [0.3, 0.4) is 0 Å². The number of quaternary nitrogens is 1. The van der Waals surface area contributed by atoms with Gasteiger partial charge in [0.1, 0.15) is 13.2 Å². The first-order valence-corrected chi connectivity index (χ1v) is 39.0. The molecule has 0 heterocycles. The number of carbonyl (C=O) groups excluding carboxylic acids is 3. The molecule has 0 spiro atoms. The van der Waals surface area contributed by atoms with Gasteiger partial charge in [-0.25, -0.2) is 0 Å². The molecule has 536 valence electrons. The van der Waals surface area contributed by atoms with E-state index >= 15 is 0 Å². The predicted molar refractivity (Wildman–Crippen MR) is 398 cm³/mol. The average Bonchev–Trinajstić information content (AvgIpc) is 3.73. The fourth-order valence-corrected chi connectivity index (χ4v) is 11.1. The van der Waals surface area contributed by atoms with E-state index in [9.17, 15) is 19.5 Å². The van der Waals surface area contributed by atoms with Crippen molar-refractivity contribution in [2.45, 2.75) is 360 Å². The zero-order valence-electron chi connectivity index (χ0n) is 61.4. The van der Waals surface area contributed by atoms with Crippen LogP contribution in [0.25, 0.3) is 0 Å². The molecule has 0 radical (unpaired) electrons. The molecule has 0 aromatic heterocycles. The number of hydrogen-bond donors (Lipinski definition) is 0. The number of carbonyl (C=O) groups is 3. The zero-order valence-corrected chi connectivity index (χ0v) is 61.4. The second kappa shape index (κ2) is 73.8. The van der Waals surface area contributed by atoms with Gasteiger partial charge in [-0.3, -0.25) is 9.59 Å². The van der Waals surface area contributed by atoms with Gasteiger partial charge in [0.05, 0.1) is 40.3 Å². The zero-order chi connectivity index (χ0) is 67.5. The van der Waals surface area contributed by atoms with E-state index in [1.54, 1.807) is 0 Å². The summed E-state index contributed by atoms with van der Waals surface area (Å²) in [5.74, 6) is -2.28. The fourth-order valence-electron chi connectivity index (χ4n) is 11.1. The van der Waals surface area contributed by atoms with Crippen molar-refractivity contribution in [1.82, 2.24) is 0 Å². The van der Waals surface area contributed by atoms with Crippen LogP contribution in [0.15, 0.2) is 109 Å². The normalized spacial score (nSPS) is 13.3. The number of rotatable bonds is 72. The average molecular weight is 1300 g/mol. The van der Waals surface area contributed by atoms with Crippen LogP contribution in [0.2, 0.25) is 0 Å². The molecule has 0 rings (SSSR count). The monoisotopic (exact) mass is 1300 g/mol. The minimum absolute atomic E-state index is 0.144. The van der Waals surface area contributed by atoms with Gasteiger partial charge in [0.2, 0.25) is 0 Å². The SMILES string of the molecule is CC/C=C\C/C=C\C/C=C\C/C=C\C/C=C\C/C=C\C/C=C\C/C=C\C/C=C\CCCCCCCCCCCC(=O)OC(COC(=O)CCCCCCCCCCCCCCCCCCCCCCCCCCCCCCCCC)COC(OCC[N+](C)(C)C)C(=O)[O-]. The van der Waals surface area contributed by atoms with Gasteiger partial charge >= 0.3 is 11.9 Å². The quantitative estimate of drug-likeness (QED) is 0.0195. The Hall–Kier alpha value is -4.05.